The second-order valence-corrected chi connectivity index (χ2v) is 8.77. The number of nitrogens with one attached hydrogen (secondary N) is 1. The first-order chi connectivity index (χ1) is 15.0. The summed E-state index contributed by atoms with van der Waals surface area (Å²) in [7, 11) is 0. The first kappa shape index (κ1) is 21.3. The number of phenols is 1. The highest BCUT2D eigenvalue weighted by Crippen LogP contribution is 2.51. The molecular formula is C27H32N2O2. The van der Waals surface area contributed by atoms with Crippen molar-refractivity contribution in [3.63, 3.8) is 0 Å². The Morgan fingerprint density at radius 2 is 1.77 bits per heavy atom. The molecule has 2 N–H and O–H groups in total. The smallest absolute Gasteiger partial charge is 0.259 e. The molecule has 2 fully saturated rings. The SMILES string of the molecule is C=C=C1NC(c2cccc(-c3cccc(O)c3)c2)(C2CC2)C(=O)N1C(CCC)CCC. The van der Waals surface area contributed by atoms with Gasteiger partial charge in [0, 0.05) is 6.04 Å². The van der Waals surface area contributed by atoms with Crippen LogP contribution in [-0.4, -0.2) is 22.0 Å². The van der Waals surface area contributed by atoms with Crippen LogP contribution in [0.25, 0.3) is 11.1 Å². The third kappa shape index (κ3) is 3.77. The Morgan fingerprint density at radius 3 is 2.35 bits per heavy atom. The van der Waals surface area contributed by atoms with Gasteiger partial charge in [0.15, 0.2) is 5.82 Å². The predicted molar refractivity (Wildman–Crippen MR) is 124 cm³/mol. The molecule has 162 valence electrons. The Morgan fingerprint density at radius 1 is 1.13 bits per heavy atom. The van der Waals surface area contributed by atoms with Gasteiger partial charge in [-0.3, -0.25) is 9.69 Å². The molecule has 1 saturated carbocycles. The van der Waals surface area contributed by atoms with Gasteiger partial charge in [0.05, 0.1) is 0 Å². The second-order valence-electron chi connectivity index (χ2n) is 8.77. The van der Waals surface area contributed by atoms with E-state index in [1.165, 1.54) is 0 Å². The second kappa shape index (κ2) is 8.64. The van der Waals surface area contributed by atoms with E-state index in [1.54, 1.807) is 12.1 Å². The molecule has 1 heterocycles. The van der Waals surface area contributed by atoms with Crippen LogP contribution in [0.15, 0.2) is 66.7 Å². The molecule has 4 nitrogen and oxygen atoms in total. The van der Waals surface area contributed by atoms with Crippen molar-refractivity contribution < 1.29 is 9.90 Å². The zero-order valence-corrected chi connectivity index (χ0v) is 18.5. The molecule has 31 heavy (non-hydrogen) atoms. The van der Waals surface area contributed by atoms with Crippen molar-refractivity contribution in [1.29, 1.82) is 0 Å². The molecule has 0 bridgehead atoms. The Kier molecular flexibility index (Phi) is 5.93. The summed E-state index contributed by atoms with van der Waals surface area (Å²) in [6, 6.07) is 15.6. The van der Waals surface area contributed by atoms with Crippen LogP contribution in [0.1, 0.15) is 57.9 Å². The van der Waals surface area contributed by atoms with E-state index in [0.717, 1.165) is 55.2 Å². The van der Waals surface area contributed by atoms with Gasteiger partial charge in [0.25, 0.3) is 5.91 Å². The lowest BCUT2D eigenvalue weighted by Crippen LogP contribution is -2.47. The summed E-state index contributed by atoms with van der Waals surface area (Å²) in [6.07, 6.45) is 6.05. The number of carbonyl (C=O) groups excluding carboxylic acids is 1. The third-order valence-electron chi connectivity index (χ3n) is 6.58. The van der Waals surface area contributed by atoms with Crippen LogP contribution in [-0.2, 0) is 10.3 Å². The minimum Gasteiger partial charge on any atom is -0.508 e. The van der Waals surface area contributed by atoms with Crippen molar-refractivity contribution in [2.75, 3.05) is 0 Å². The Hall–Kier alpha value is -2.97. The number of amides is 1. The van der Waals surface area contributed by atoms with Gasteiger partial charge in [0.1, 0.15) is 11.3 Å². The number of phenolic OH excluding ortho intramolecular Hbond substituents is 1. The quantitative estimate of drug-likeness (QED) is 0.544. The molecule has 2 aromatic carbocycles. The maximum atomic E-state index is 14.1. The number of nitrogens with zero attached hydrogens (tertiary/aromatic N) is 1. The van der Waals surface area contributed by atoms with Gasteiger partial charge < -0.3 is 10.4 Å². The lowest BCUT2D eigenvalue weighted by Gasteiger charge is -2.30. The molecule has 1 aliphatic carbocycles. The molecule has 4 heteroatoms. The highest BCUT2D eigenvalue weighted by atomic mass is 16.3. The van der Waals surface area contributed by atoms with Crippen molar-refractivity contribution in [3.8, 4) is 16.9 Å². The lowest BCUT2D eigenvalue weighted by atomic mass is 9.83. The molecule has 1 atom stereocenters. The molecule has 1 saturated heterocycles. The first-order valence-corrected chi connectivity index (χ1v) is 11.5. The average molecular weight is 417 g/mol. The molecule has 1 amide bonds. The summed E-state index contributed by atoms with van der Waals surface area (Å²) in [5, 5.41) is 13.5. The van der Waals surface area contributed by atoms with Crippen molar-refractivity contribution in [2.24, 2.45) is 5.92 Å². The van der Waals surface area contributed by atoms with E-state index in [2.05, 4.69) is 37.5 Å². The number of carbonyl (C=O) groups is 1. The van der Waals surface area contributed by atoms with E-state index < -0.39 is 5.54 Å². The maximum Gasteiger partial charge on any atom is 0.259 e. The van der Waals surface area contributed by atoms with Gasteiger partial charge in [0.2, 0.25) is 0 Å². The fourth-order valence-electron chi connectivity index (χ4n) is 4.99. The van der Waals surface area contributed by atoms with Crippen molar-refractivity contribution in [2.45, 2.75) is 64.0 Å². The third-order valence-corrected chi connectivity index (χ3v) is 6.58. The predicted octanol–water partition coefficient (Wildman–Crippen LogP) is 5.69. The molecule has 0 radical (unpaired) electrons. The van der Waals surface area contributed by atoms with Gasteiger partial charge in [-0.25, -0.2) is 0 Å². The van der Waals surface area contributed by atoms with E-state index in [9.17, 15) is 9.90 Å². The van der Waals surface area contributed by atoms with E-state index in [4.69, 9.17) is 0 Å². The van der Waals surface area contributed by atoms with Gasteiger partial charge >= 0.3 is 0 Å². The largest absolute Gasteiger partial charge is 0.508 e. The zero-order chi connectivity index (χ0) is 22.0. The summed E-state index contributed by atoms with van der Waals surface area (Å²) in [5.41, 5.74) is 5.16. The lowest BCUT2D eigenvalue weighted by molar-refractivity contribution is -0.134. The average Bonchev–Trinajstić information content (AvgIpc) is 3.58. The van der Waals surface area contributed by atoms with Crippen LogP contribution in [0.5, 0.6) is 5.75 Å². The van der Waals surface area contributed by atoms with Gasteiger partial charge in [-0.15, -0.1) is 0 Å². The van der Waals surface area contributed by atoms with Crippen LogP contribution in [0, 0.1) is 5.92 Å². The van der Waals surface area contributed by atoms with E-state index in [1.807, 2.05) is 35.2 Å². The van der Waals surface area contributed by atoms with Gasteiger partial charge in [-0.05, 0) is 66.5 Å². The standard InChI is InChI=1S/C27H32N2O2/c1-4-9-23(10-5-2)29-25(6-3)28-27(26(29)31,21-15-16-21)22-13-7-11-19(17-22)20-12-8-14-24(30)18-20/h7-8,11-14,17-18,21,23,28,30H,3-5,9-10,15-16H2,1-2H3. The number of aromatic hydroxyl groups is 1. The molecule has 2 aromatic rings. The summed E-state index contributed by atoms with van der Waals surface area (Å²) < 4.78 is 0. The molecule has 0 aromatic heterocycles. The fraction of sp³-hybridized carbons (Fsp3) is 0.407. The number of rotatable bonds is 8. The number of benzene rings is 2. The number of hydrogen-bond acceptors (Lipinski definition) is 3. The zero-order valence-electron chi connectivity index (χ0n) is 18.5. The first-order valence-electron chi connectivity index (χ1n) is 11.5. The Balaban J connectivity index is 1.79. The molecular weight excluding hydrogens is 384 g/mol. The van der Waals surface area contributed by atoms with Gasteiger partial charge in [-0.1, -0.05) is 69.3 Å². The van der Waals surface area contributed by atoms with Crippen LogP contribution >= 0.6 is 0 Å². The summed E-state index contributed by atoms with van der Waals surface area (Å²) in [5.74, 6) is 1.34. The Bertz CT molecular complexity index is 1010. The van der Waals surface area contributed by atoms with Crippen molar-refractivity contribution >= 4 is 5.91 Å². The number of hydrogen-bond donors (Lipinski definition) is 2. The van der Waals surface area contributed by atoms with Crippen molar-refractivity contribution in [3.05, 3.63) is 72.2 Å². The van der Waals surface area contributed by atoms with Crippen LogP contribution in [0.3, 0.4) is 0 Å². The monoisotopic (exact) mass is 416 g/mol. The molecule has 1 aliphatic heterocycles. The Labute approximate surface area is 185 Å². The summed E-state index contributed by atoms with van der Waals surface area (Å²) in [6.45, 7) is 8.23. The fourth-order valence-corrected chi connectivity index (χ4v) is 4.99. The highest BCUT2D eigenvalue weighted by molar-refractivity contribution is 5.93. The van der Waals surface area contributed by atoms with Crippen LogP contribution in [0.2, 0.25) is 0 Å². The van der Waals surface area contributed by atoms with Crippen molar-refractivity contribution in [1.82, 2.24) is 10.2 Å². The molecule has 4 rings (SSSR count). The minimum atomic E-state index is -0.771. The maximum absolute atomic E-state index is 14.1. The topological polar surface area (TPSA) is 52.6 Å². The normalized spacial score (nSPS) is 20.8. The minimum absolute atomic E-state index is 0.126. The van der Waals surface area contributed by atoms with Crippen LogP contribution < -0.4 is 5.32 Å². The summed E-state index contributed by atoms with van der Waals surface area (Å²) >= 11 is 0. The van der Waals surface area contributed by atoms with Crippen LogP contribution in [0.4, 0.5) is 0 Å². The van der Waals surface area contributed by atoms with E-state index >= 15 is 0 Å². The molecule has 0 spiro atoms. The van der Waals surface area contributed by atoms with E-state index in [-0.39, 0.29) is 23.6 Å². The summed E-state index contributed by atoms with van der Waals surface area (Å²) in [4.78, 5) is 16.1. The molecule has 2 aliphatic rings. The molecule has 1 unspecified atom stereocenters. The highest BCUT2D eigenvalue weighted by Gasteiger charge is 2.59. The van der Waals surface area contributed by atoms with E-state index in [0.29, 0.717) is 5.82 Å². The van der Waals surface area contributed by atoms with Gasteiger partial charge in [-0.2, -0.15) is 0 Å².